The molecule has 4 nitrogen and oxygen atoms in total. The molecule has 0 atom stereocenters. The number of hydrogen-bond acceptors (Lipinski definition) is 4. The van der Waals surface area contributed by atoms with Crippen LogP contribution in [0.2, 0.25) is 0 Å². The second-order valence-corrected chi connectivity index (χ2v) is 4.77. The summed E-state index contributed by atoms with van der Waals surface area (Å²) in [5, 5.41) is 0. The van der Waals surface area contributed by atoms with Gasteiger partial charge in [0, 0.05) is 31.9 Å². The highest BCUT2D eigenvalue weighted by molar-refractivity contribution is 5.96. The summed E-state index contributed by atoms with van der Waals surface area (Å²) in [5.41, 5.74) is 2.76. The van der Waals surface area contributed by atoms with E-state index in [1.165, 1.54) is 0 Å². The maximum Gasteiger partial charge on any atom is 0.340 e. The third kappa shape index (κ3) is 4.13. The molecule has 0 aliphatic heterocycles. The van der Waals surface area contributed by atoms with Crippen LogP contribution in [0.5, 0.6) is 0 Å². The number of benzene rings is 1. The van der Waals surface area contributed by atoms with Gasteiger partial charge in [-0.25, -0.2) is 4.79 Å². The summed E-state index contributed by atoms with van der Waals surface area (Å²) in [6.45, 7) is 14.3. The monoisotopic (exact) mass is 292 g/mol. The Balaban J connectivity index is 3.28. The Labute approximate surface area is 128 Å². The minimum Gasteiger partial charge on any atom is -0.462 e. The molecule has 21 heavy (non-hydrogen) atoms. The molecule has 1 aromatic carbocycles. The number of nitrogens with zero attached hydrogens (tertiary/aromatic N) is 2. The lowest BCUT2D eigenvalue weighted by molar-refractivity contribution is 0.0527. The highest BCUT2D eigenvalue weighted by Gasteiger charge is 2.17. The lowest BCUT2D eigenvalue weighted by Gasteiger charge is -2.27. The summed E-state index contributed by atoms with van der Waals surface area (Å²) in [4.78, 5) is 16.6. The van der Waals surface area contributed by atoms with Crippen molar-refractivity contribution in [2.24, 2.45) is 0 Å². The zero-order valence-corrected chi connectivity index (χ0v) is 14.0. The highest BCUT2D eigenvalue weighted by Crippen LogP contribution is 2.27. The Morgan fingerprint density at radius 2 is 1.52 bits per heavy atom. The summed E-state index contributed by atoms with van der Waals surface area (Å²) in [5.74, 6) is -0.245. The minimum absolute atomic E-state index is 0.245. The third-order valence-corrected chi connectivity index (χ3v) is 3.71. The van der Waals surface area contributed by atoms with Gasteiger partial charge in [-0.1, -0.05) is 0 Å². The smallest absolute Gasteiger partial charge is 0.340 e. The third-order valence-electron chi connectivity index (χ3n) is 3.71. The molecule has 0 aromatic heterocycles. The van der Waals surface area contributed by atoms with Crippen molar-refractivity contribution in [1.82, 2.24) is 0 Å². The normalized spacial score (nSPS) is 10.3. The summed E-state index contributed by atoms with van der Waals surface area (Å²) in [6, 6.07) is 6.00. The van der Waals surface area contributed by atoms with E-state index in [4.69, 9.17) is 4.74 Å². The summed E-state index contributed by atoms with van der Waals surface area (Å²) in [6.07, 6.45) is 0. The molecule has 0 saturated heterocycles. The van der Waals surface area contributed by atoms with Gasteiger partial charge in [0.05, 0.1) is 17.9 Å². The molecule has 1 rings (SSSR count). The Bertz CT molecular complexity index is 452. The van der Waals surface area contributed by atoms with Crippen molar-refractivity contribution >= 4 is 17.3 Å². The lowest BCUT2D eigenvalue weighted by Crippen LogP contribution is -2.26. The zero-order valence-electron chi connectivity index (χ0n) is 14.0. The Hall–Kier alpha value is -1.71. The van der Waals surface area contributed by atoms with Crippen LogP contribution in [0.4, 0.5) is 11.4 Å². The van der Waals surface area contributed by atoms with Gasteiger partial charge in [0.1, 0.15) is 0 Å². The van der Waals surface area contributed by atoms with E-state index in [1.807, 2.05) is 19.1 Å². The molecule has 0 unspecified atom stereocenters. The van der Waals surface area contributed by atoms with Crippen molar-refractivity contribution < 1.29 is 9.53 Å². The molecule has 4 heteroatoms. The Morgan fingerprint density at radius 3 is 2.00 bits per heavy atom. The second kappa shape index (κ2) is 8.55. The first kappa shape index (κ1) is 17.3. The van der Waals surface area contributed by atoms with Gasteiger partial charge < -0.3 is 14.5 Å². The molecule has 0 bridgehead atoms. The van der Waals surface area contributed by atoms with Crippen molar-refractivity contribution in [2.45, 2.75) is 34.6 Å². The van der Waals surface area contributed by atoms with Crippen molar-refractivity contribution in [1.29, 1.82) is 0 Å². The molecule has 1 aromatic rings. The lowest BCUT2D eigenvalue weighted by atomic mass is 10.1. The molecule has 0 aliphatic rings. The van der Waals surface area contributed by atoms with E-state index in [-0.39, 0.29) is 5.97 Å². The van der Waals surface area contributed by atoms with E-state index >= 15 is 0 Å². The van der Waals surface area contributed by atoms with E-state index in [0.29, 0.717) is 12.2 Å². The first-order chi connectivity index (χ1) is 10.1. The van der Waals surface area contributed by atoms with Crippen molar-refractivity contribution in [2.75, 3.05) is 42.6 Å². The molecule has 0 amide bonds. The van der Waals surface area contributed by atoms with Crippen LogP contribution >= 0.6 is 0 Å². The molecule has 0 N–H and O–H groups in total. The van der Waals surface area contributed by atoms with Crippen molar-refractivity contribution in [3.05, 3.63) is 23.8 Å². The average Bonchev–Trinajstić information content (AvgIpc) is 2.50. The molecule has 0 spiro atoms. The van der Waals surface area contributed by atoms with Gasteiger partial charge in [0.15, 0.2) is 0 Å². The van der Waals surface area contributed by atoms with Crippen LogP contribution in [0.3, 0.4) is 0 Å². The standard InChI is InChI=1S/C17H28N2O2/c1-6-18(7-2)14-11-12-15(17(20)21-10-5)16(13-14)19(8-3)9-4/h11-13H,6-10H2,1-5H3. The molecule has 0 aliphatic carbocycles. The maximum atomic E-state index is 12.2. The van der Waals surface area contributed by atoms with E-state index in [9.17, 15) is 4.79 Å². The van der Waals surface area contributed by atoms with Gasteiger partial charge in [-0.05, 0) is 52.8 Å². The van der Waals surface area contributed by atoms with Crippen LogP contribution in [-0.2, 0) is 4.74 Å². The van der Waals surface area contributed by atoms with Crippen LogP contribution in [0.15, 0.2) is 18.2 Å². The Morgan fingerprint density at radius 1 is 0.952 bits per heavy atom. The topological polar surface area (TPSA) is 32.8 Å². The maximum absolute atomic E-state index is 12.2. The van der Waals surface area contributed by atoms with Crippen LogP contribution < -0.4 is 9.80 Å². The predicted octanol–water partition coefficient (Wildman–Crippen LogP) is 3.56. The van der Waals surface area contributed by atoms with Crippen molar-refractivity contribution in [3.63, 3.8) is 0 Å². The largest absolute Gasteiger partial charge is 0.462 e. The number of carbonyl (C=O) groups excluding carboxylic acids is 1. The molecular formula is C17H28N2O2. The predicted molar refractivity (Wildman–Crippen MR) is 89.5 cm³/mol. The van der Waals surface area contributed by atoms with E-state index in [0.717, 1.165) is 37.6 Å². The molecule has 0 fully saturated rings. The number of anilines is 2. The summed E-state index contributed by atoms with van der Waals surface area (Å²) in [7, 11) is 0. The zero-order chi connectivity index (χ0) is 15.8. The summed E-state index contributed by atoms with van der Waals surface area (Å²) >= 11 is 0. The molecule has 118 valence electrons. The van der Waals surface area contributed by atoms with Gasteiger partial charge in [-0.2, -0.15) is 0 Å². The van der Waals surface area contributed by atoms with Crippen LogP contribution in [0.25, 0.3) is 0 Å². The summed E-state index contributed by atoms with van der Waals surface area (Å²) < 4.78 is 5.18. The van der Waals surface area contributed by atoms with E-state index in [1.54, 1.807) is 0 Å². The van der Waals surface area contributed by atoms with Gasteiger partial charge in [-0.15, -0.1) is 0 Å². The second-order valence-electron chi connectivity index (χ2n) is 4.77. The first-order valence-corrected chi connectivity index (χ1v) is 7.93. The Kier molecular flexibility index (Phi) is 7.06. The molecule has 0 saturated carbocycles. The van der Waals surface area contributed by atoms with Crippen molar-refractivity contribution in [3.8, 4) is 0 Å². The van der Waals surface area contributed by atoms with Crippen LogP contribution in [-0.4, -0.2) is 38.8 Å². The van der Waals surface area contributed by atoms with Crippen LogP contribution in [0, 0.1) is 0 Å². The van der Waals surface area contributed by atoms with Gasteiger partial charge in [0.25, 0.3) is 0 Å². The SMILES string of the molecule is CCOC(=O)c1ccc(N(CC)CC)cc1N(CC)CC. The molecule has 0 heterocycles. The van der Waals surface area contributed by atoms with E-state index < -0.39 is 0 Å². The number of rotatable bonds is 8. The van der Waals surface area contributed by atoms with Gasteiger partial charge >= 0.3 is 5.97 Å². The molecular weight excluding hydrogens is 264 g/mol. The fourth-order valence-electron chi connectivity index (χ4n) is 2.51. The number of hydrogen-bond donors (Lipinski definition) is 0. The van der Waals surface area contributed by atoms with E-state index in [2.05, 4.69) is 43.6 Å². The van der Waals surface area contributed by atoms with Crippen LogP contribution in [0.1, 0.15) is 45.0 Å². The fraction of sp³-hybridized carbons (Fsp3) is 0.588. The quantitative estimate of drug-likeness (QED) is 0.686. The van der Waals surface area contributed by atoms with Gasteiger partial charge in [-0.3, -0.25) is 0 Å². The number of ether oxygens (including phenoxy) is 1. The highest BCUT2D eigenvalue weighted by atomic mass is 16.5. The fourth-order valence-corrected chi connectivity index (χ4v) is 2.51. The number of esters is 1. The number of carbonyl (C=O) groups is 1. The average molecular weight is 292 g/mol. The minimum atomic E-state index is -0.245. The molecule has 0 radical (unpaired) electrons. The van der Waals surface area contributed by atoms with Gasteiger partial charge in [0.2, 0.25) is 0 Å². The first-order valence-electron chi connectivity index (χ1n) is 7.93.